The molecule has 0 bridgehead atoms. The molecule has 0 spiro atoms. The molecule has 4 N–H and O–H groups in total. The van der Waals surface area contributed by atoms with Crippen LogP contribution in [0.15, 0.2) is 23.4 Å². The monoisotopic (exact) mass is 269 g/mol. The first kappa shape index (κ1) is 14.3. The van der Waals surface area contributed by atoms with E-state index in [1.807, 2.05) is 0 Å². The quantitative estimate of drug-likeness (QED) is 0.341. The topological polar surface area (TPSA) is 87.7 Å². The van der Waals surface area contributed by atoms with Crippen LogP contribution in [-0.2, 0) is 4.79 Å². The molecule has 0 aliphatic heterocycles. The highest BCUT2D eigenvalue weighted by Gasteiger charge is 2.33. The lowest BCUT2D eigenvalue weighted by atomic mass is 9.90. The molecule has 18 heavy (non-hydrogen) atoms. The Morgan fingerprint density at radius 2 is 2.11 bits per heavy atom. The Bertz CT molecular complexity index is 498. The van der Waals surface area contributed by atoms with Gasteiger partial charge in [0.05, 0.1) is 0 Å². The Morgan fingerprint density at radius 1 is 1.50 bits per heavy atom. The molecule has 0 unspecified atom stereocenters. The van der Waals surface area contributed by atoms with Crippen molar-refractivity contribution >= 4 is 29.0 Å². The number of benzene rings is 1. The summed E-state index contributed by atoms with van der Waals surface area (Å²) in [6.07, 6.45) is 0. The second-order valence-corrected chi connectivity index (χ2v) is 4.88. The Kier molecular flexibility index (Phi) is 4.19. The third-order valence-electron chi connectivity index (χ3n) is 2.83. The SMILES string of the molecule is Cc1c(Cl)cccc1NC(=O)C(C)(C)C(N)=NO. The van der Waals surface area contributed by atoms with E-state index < -0.39 is 5.41 Å². The Labute approximate surface area is 111 Å². The number of amidine groups is 1. The number of anilines is 1. The predicted molar refractivity (Wildman–Crippen MR) is 72.0 cm³/mol. The summed E-state index contributed by atoms with van der Waals surface area (Å²) in [5.74, 6) is -0.525. The summed E-state index contributed by atoms with van der Waals surface area (Å²) in [6, 6.07) is 5.21. The molecular weight excluding hydrogens is 254 g/mol. The minimum atomic E-state index is -1.11. The summed E-state index contributed by atoms with van der Waals surface area (Å²) >= 11 is 5.96. The number of amides is 1. The van der Waals surface area contributed by atoms with Gasteiger partial charge in [0.2, 0.25) is 5.91 Å². The highest BCUT2D eigenvalue weighted by Crippen LogP contribution is 2.25. The van der Waals surface area contributed by atoms with E-state index in [0.29, 0.717) is 10.7 Å². The minimum absolute atomic E-state index is 0.153. The van der Waals surface area contributed by atoms with E-state index in [0.717, 1.165) is 5.56 Å². The van der Waals surface area contributed by atoms with E-state index in [9.17, 15) is 4.79 Å². The molecule has 0 saturated heterocycles. The van der Waals surface area contributed by atoms with Gasteiger partial charge in [0.15, 0.2) is 5.84 Å². The first-order valence-corrected chi connectivity index (χ1v) is 5.73. The zero-order valence-corrected chi connectivity index (χ0v) is 11.2. The average molecular weight is 270 g/mol. The van der Waals surface area contributed by atoms with Gasteiger partial charge in [-0.05, 0) is 38.5 Å². The second-order valence-electron chi connectivity index (χ2n) is 4.48. The molecule has 6 heteroatoms. The number of rotatable bonds is 3. The largest absolute Gasteiger partial charge is 0.409 e. The highest BCUT2D eigenvalue weighted by atomic mass is 35.5. The third-order valence-corrected chi connectivity index (χ3v) is 3.24. The van der Waals surface area contributed by atoms with Gasteiger partial charge in [0, 0.05) is 10.7 Å². The van der Waals surface area contributed by atoms with Gasteiger partial charge < -0.3 is 16.3 Å². The summed E-state index contributed by atoms with van der Waals surface area (Å²) in [5, 5.41) is 14.8. The third kappa shape index (κ3) is 2.73. The van der Waals surface area contributed by atoms with Crippen molar-refractivity contribution in [1.29, 1.82) is 0 Å². The minimum Gasteiger partial charge on any atom is -0.409 e. The first-order chi connectivity index (χ1) is 8.30. The number of carbonyl (C=O) groups excluding carboxylic acids is 1. The Balaban J connectivity index is 2.99. The number of nitrogens with one attached hydrogen (secondary N) is 1. The van der Waals surface area contributed by atoms with Crippen molar-refractivity contribution in [1.82, 2.24) is 0 Å². The van der Waals surface area contributed by atoms with Gasteiger partial charge >= 0.3 is 0 Å². The lowest BCUT2D eigenvalue weighted by Crippen LogP contribution is -2.42. The van der Waals surface area contributed by atoms with Crippen LogP contribution >= 0.6 is 11.6 Å². The van der Waals surface area contributed by atoms with Crippen LogP contribution in [0.2, 0.25) is 5.02 Å². The lowest BCUT2D eigenvalue weighted by molar-refractivity contribution is -0.121. The number of hydrogen-bond donors (Lipinski definition) is 3. The molecule has 5 nitrogen and oxygen atoms in total. The van der Waals surface area contributed by atoms with Crippen LogP contribution in [0.25, 0.3) is 0 Å². The normalized spacial score (nSPS) is 12.3. The van der Waals surface area contributed by atoms with E-state index in [4.69, 9.17) is 22.5 Å². The van der Waals surface area contributed by atoms with Gasteiger partial charge in [0.1, 0.15) is 5.41 Å². The van der Waals surface area contributed by atoms with Gasteiger partial charge in [-0.25, -0.2) is 0 Å². The van der Waals surface area contributed by atoms with Crippen LogP contribution in [0.5, 0.6) is 0 Å². The fourth-order valence-electron chi connectivity index (χ4n) is 1.26. The lowest BCUT2D eigenvalue weighted by Gasteiger charge is -2.22. The summed E-state index contributed by atoms with van der Waals surface area (Å²) < 4.78 is 0. The molecule has 1 aromatic rings. The highest BCUT2D eigenvalue weighted by molar-refractivity contribution is 6.31. The van der Waals surface area contributed by atoms with Crippen LogP contribution in [0, 0.1) is 12.3 Å². The molecule has 0 saturated carbocycles. The van der Waals surface area contributed by atoms with Gasteiger partial charge in [-0.2, -0.15) is 0 Å². The zero-order chi connectivity index (χ0) is 13.9. The number of nitrogens with zero attached hydrogens (tertiary/aromatic N) is 1. The van der Waals surface area contributed by atoms with Crippen LogP contribution in [-0.4, -0.2) is 17.0 Å². The molecule has 1 amide bonds. The maximum absolute atomic E-state index is 12.1. The molecule has 0 fully saturated rings. The number of oxime groups is 1. The fraction of sp³-hybridized carbons (Fsp3) is 0.333. The summed E-state index contributed by atoms with van der Waals surface area (Å²) in [4.78, 5) is 12.1. The number of nitrogens with two attached hydrogens (primary N) is 1. The van der Waals surface area contributed by atoms with Crippen molar-refractivity contribution in [3.05, 3.63) is 28.8 Å². The fourth-order valence-corrected chi connectivity index (χ4v) is 1.44. The number of halogens is 1. The standard InChI is InChI=1S/C12H16ClN3O2/c1-7-8(13)5-4-6-9(7)15-11(17)12(2,3)10(14)16-18/h4-6,18H,1-3H3,(H2,14,16)(H,15,17). The molecule has 0 heterocycles. The van der Waals surface area contributed by atoms with Crippen LogP contribution in [0.1, 0.15) is 19.4 Å². The van der Waals surface area contributed by atoms with Crippen LogP contribution < -0.4 is 11.1 Å². The summed E-state index contributed by atoms with van der Waals surface area (Å²) in [7, 11) is 0. The Hall–Kier alpha value is -1.75. The summed E-state index contributed by atoms with van der Waals surface area (Å²) in [6.45, 7) is 4.93. The van der Waals surface area contributed by atoms with E-state index in [-0.39, 0.29) is 11.7 Å². The van der Waals surface area contributed by atoms with Crippen molar-refractivity contribution in [2.75, 3.05) is 5.32 Å². The molecule has 1 aromatic carbocycles. The van der Waals surface area contributed by atoms with Crippen molar-refractivity contribution in [3.8, 4) is 0 Å². The molecule has 0 aliphatic carbocycles. The van der Waals surface area contributed by atoms with E-state index >= 15 is 0 Å². The molecule has 0 radical (unpaired) electrons. The molecule has 0 aliphatic rings. The smallest absolute Gasteiger partial charge is 0.237 e. The van der Waals surface area contributed by atoms with E-state index in [1.54, 1.807) is 39.0 Å². The van der Waals surface area contributed by atoms with E-state index in [1.165, 1.54) is 0 Å². The molecule has 0 atom stereocenters. The molecule has 98 valence electrons. The first-order valence-electron chi connectivity index (χ1n) is 5.35. The zero-order valence-electron chi connectivity index (χ0n) is 10.5. The van der Waals surface area contributed by atoms with Crippen molar-refractivity contribution in [2.45, 2.75) is 20.8 Å². The van der Waals surface area contributed by atoms with Crippen molar-refractivity contribution in [3.63, 3.8) is 0 Å². The van der Waals surface area contributed by atoms with Gasteiger partial charge in [0.25, 0.3) is 0 Å². The van der Waals surface area contributed by atoms with Crippen LogP contribution in [0.3, 0.4) is 0 Å². The van der Waals surface area contributed by atoms with Crippen molar-refractivity contribution in [2.24, 2.45) is 16.3 Å². The van der Waals surface area contributed by atoms with Crippen molar-refractivity contribution < 1.29 is 10.0 Å². The van der Waals surface area contributed by atoms with E-state index in [2.05, 4.69) is 10.5 Å². The maximum Gasteiger partial charge on any atom is 0.237 e. The predicted octanol–water partition coefficient (Wildman–Crippen LogP) is 2.36. The molecule has 0 aromatic heterocycles. The summed E-state index contributed by atoms with van der Waals surface area (Å²) in [5.41, 5.74) is 5.75. The van der Waals surface area contributed by atoms with Gasteiger partial charge in [-0.15, -0.1) is 0 Å². The molecular formula is C12H16ClN3O2. The van der Waals surface area contributed by atoms with Gasteiger partial charge in [-0.3, -0.25) is 4.79 Å². The average Bonchev–Trinajstić information content (AvgIpc) is 2.33. The van der Waals surface area contributed by atoms with Crippen LogP contribution in [0.4, 0.5) is 5.69 Å². The van der Waals surface area contributed by atoms with Gasteiger partial charge in [-0.1, -0.05) is 22.8 Å². The second kappa shape index (κ2) is 5.27. The Morgan fingerprint density at radius 3 is 2.67 bits per heavy atom. The number of hydrogen-bond acceptors (Lipinski definition) is 3. The number of carbonyl (C=O) groups is 1. The molecule has 1 rings (SSSR count). The maximum atomic E-state index is 12.1.